The van der Waals surface area contributed by atoms with E-state index in [1.165, 1.54) is 62.6 Å². The summed E-state index contributed by atoms with van der Waals surface area (Å²) in [6.45, 7) is 3.34. The minimum atomic E-state index is 0.821. The van der Waals surface area contributed by atoms with Gasteiger partial charge < -0.3 is 4.57 Å². The van der Waals surface area contributed by atoms with Gasteiger partial charge in [-0.25, -0.2) is 4.98 Å². The SMILES string of the molecule is CCCSc1nnc2c3c(n(CC4CCCCC4)c2n1)CCCC3. The molecule has 2 heterocycles. The van der Waals surface area contributed by atoms with Gasteiger partial charge in [-0.3, -0.25) is 0 Å². The zero-order valence-electron chi connectivity index (χ0n) is 14.8. The van der Waals surface area contributed by atoms with Crippen molar-refractivity contribution in [2.24, 2.45) is 5.92 Å². The maximum atomic E-state index is 4.94. The van der Waals surface area contributed by atoms with Crippen LogP contribution in [0.4, 0.5) is 0 Å². The van der Waals surface area contributed by atoms with Gasteiger partial charge in [0.1, 0.15) is 5.52 Å². The van der Waals surface area contributed by atoms with E-state index in [2.05, 4.69) is 21.7 Å². The molecule has 2 aliphatic carbocycles. The van der Waals surface area contributed by atoms with Crippen LogP contribution in [0.25, 0.3) is 11.2 Å². The van der Waals surface area contributed by atoms with E-state index in [4.69, 9.17) is 4.98 Å². The number of aryl methyl sites for hydroxylation is 1. The third-order valence-electron chi connectivity index (χ3n) is 5.56. The number of fused-ring (bicyclic) bond motifs is 3. The third-order valence-corrected chi connectivity index (χ3v) is 6.60. The topological polar surface area (TPSA) is 43.6 Å². The molecule has 4 rings (SSSR count). The highest BCUT2D eigenvalue weighted by Gasteiger charge is 2.25. The molecule has 0 radical (unpaired) electrons. The van der Waals surface area contributed by atoms with E-state index in [0.717, 1.165) is 47.4 Å². The van der Waals surface area contributed by atoms with Gasteiger partial charge in [0, 0.05) is 23.6 Å². The molecule has 0 unspecified atom stereocenters. The van der Waals surface area contributed by atoms with Crippen LogP contribution in [0, 0.1) is 5.92 Å². The number of rotatable bonds is 5. The summed E-state index contributed by atoms with van der Waals surface area (Å²) in [6, 6.07) is 0. The van der Waals surface area contributed by atoms with Gasteiger partial charge in [-0.05, 0) is 50.9 Å². The van der Waals surface area contributed by atoms with E-state index >= 15 is 0 Å². The molecule has 4 nitrogen and oxygen atoms in total. The van der Waals surface area contributed by atoms with Crippen molar-refractivity contribution in [3.63, 3.8) is 0 Å². The second kappa shape index (κ2) is 7.42. The molecule has 0 spiro atoms. The Kier molecular flexibility index (Phi) is 5.06. The predicted molar refractivity (Wildman–Crippen MR) is 99.6 cm³/mol. The predicted octanol–water partition coefficient (Wildman–Crippen LogP) is 4.79. The Morgan fingerprint density at radius 2 is 1.88 bits per heavy atom. The number of aromatic nitrogens is 4. The molecule has 0 N–H and O–H groups in total. The third kappa shape index (κ3) is 3.19. The molecule has 0 bridgehead atoms. The quantitative estimate of drug-likeness (QED) is 0.732. The van der Waals surface area contributed by atoms with E-state index in [9.17, 15) is 0 Å². The van der Waals surface area contributed by atoms with Crippen LogP contribution in [-0.2, 0) is 19.4 Å². The zero-order chi connectivity index (χ0) is 16.4. The molecule has 2 aromatic rings. The van der Waals surface area contributed by atoms with Gasteiger partial charge in [0.05, 0.1) is 0 Å². The largest absolute Gasteiger partial charge is 0.328 e. The van der Waals surface area contributed by atoms with Crippen molar-refractivity contribution in [2.45, 2.75) is 82.8 Å². The highest BCUT2D eigenvalue weighted by molar-refractivity contribution is 7.99. The average molecular weight is 345 g/mol. The van der Waals surface area contributed by atoms with Crippen LogP contribution in [0.15, 0.2) is 5.16 Å². The van der Waals surface area contributed by atoms with Crippen molar-refractivity contribution in [1.82, 2.24) is 19.7 Å². The smallest absolute Gasteiger partial charge is 0.211 e. The minimum absolute atomic E-state index is 0.821. The van der Waals surface area contributed by atoms with Gasteiger partial charge in [0.25, 0.3) is 0 Å². The van der Waals surface area contributed by atoms with Crippen molar-refractivity contribution in [2.75, 3.05) is 5.75 Å². The Balaban J connectivity index is 1.73. The fourth-order valence-corrected chi connectivity index (χ4v) is 4.97. The van der Waals surface area contributed by atoms with Crippen LogP contribution >= 0.6 is 11.8 Å². The molecule has 2 aliphatic rings. The minimum Gasteiger partial charge on any atom is -0.328 e. The van der Waals surface area contributed by atoms with Crippen LogP contribution in [0.5, 0.6) is 0 Å². The summed E-state index contributed by atoms with van der Waals surface area (Å²) in [5.41, 5.74) is 5.16. The van der Waals surface area contributed by atoms with Crippen molar-refractivity contribution in [3.05, 3.63) is 11.3 Å². The molecule has 5 heteroatoms. The number of thioether (sulfide) groups is 1. The van der Waals surface area contributed by atoms with Gasteiger partial charge in [-0.1, -0.05) is 37.9 Å². The Labute approximate surface area is 148 Å². The second-order valence-corrected chi connectivity index (χ2v) is 8.42. The molecular weight excluding hydrogens is 316 g/mol. The summed E-state index contributed by atoms with van der Waals surface area (Å²) in [6.07, 6.45) is 13.1. The van der Waals surface area contributed by atoms with Crippen LogP contribution in [0.2, 0.25) is 0 Å². The molecule has 130 valence electrons. The first kappa shape index (κ1) is 16.4. The second-order valence-electron chi connectivity index (χ2n) is 7.36. The van der Waals surface area contributed by atoms with Crippen molar-refractivity contribution in [3.8, 4) is 0 Å². The van der Waals surface area contributed by atoms with Crippen LogP contribution in [0.3, 0.4) is 0 Å². The fourth-order valence-electron chi connectivity index (χ4n) is 4.34. The lowest BCUT2D eigenvalue weighted by molar-refractivity contribution is 0.318. The lowest BCUT2D eigenvalue weighted by Gasteiger charge is -2.24. The normalized spacial score (nSPS) is 18.9. The molecule has 2 aromatic heterocycles. The number of nitrogens with zero attached hydrogens (tertiary/aromatic N) is 4. The average Bonchev–Trinajstić information content (AvgIpc) is 2.94. The molecule has 0 atom stereocenters. The van der Waals surface area contributed by atoms with Crippen molar-refractivity contribution in [1.29, 1.82) is 0 Å². The summed E-state index contributed by atoms with van der Waals surface area (Å²) in [5.74, 6) is 1.89. The van der Waals surface area contributed by atoms with Gasteiger partial charge in [-0.2, -0.15) is 0 Å². The molecule has 0 amide bonds. The lowest BCUT2D eigenvalue weighted by Crippen LogP contribution is -2.17. The van der Waals surface area contributed by atoms with E-state index in [0.29, 0.717) is 0 Å². The number of hydrogen-bond acceptors (Lipinski definition) is 4. The fraction of sp³-hybridized carbons (Fsp3) is 0.737. The standard InChI is InChI=1S/C19H28N4S/c1-2-12-24-19-20-18-17(21-22-19)15-10-6-7-11-16(15)23(18)13-14-8-4-3-5-9-14/h14H,2-13H2,1H3. The maximum absolute atomic E-state index is 4.94. The van der Waals surface area contributed by atoms with Gasteiger partial charge in [0.2, 0.25) is 5.16 Å². The molecule has 0 aliphatic heterocycles. The molecule has 1 saturated carbocycles. The first-order valence-electron chi connectivity index (χ1n) is 9.74. The van der Waals surface area contributed by atoms with Gasteiger partial charge >= 0.3 is 0 Å². The van der Waals surface area contributed by atoms with Crippen molar-refractivity contribution < 1.29 is 0 Å². The summed E-state index contributed by atoms with van der Waals surface area (Å²) < 4.78 is 2.53. The van der Waals surface area contributed by atoms with E-state index in [1.807, 2.05) is 0 Å². The van der Waals surface area contributed by atoms with Crippen molar-refractivity contribution >= 4 is 22.9 Å². The first-order valence-corrected chi connectivity index (χ1v) is 10.7. The van der Waals surface area contributed by atoms with E-state index in [-0.39, 0.29) is 0 Å². The Morgan fingerprint density at radius 1 is 1.04 bits per heavy atom. The maximum Gasteiger partial charge on any atom is 0.211 e. The molecular formula is C19H28N4S. The summed E-state index contributed by atoms with van der Waals surface area (Å²) >= 11 is 1.74. The van der Waals surface area contributed by atoms with Gasteiger partial charge in [-0.15, -0.1) is 10.2 Å². The highest BCUT2D eigenvalue weighted by Crippen LogP contribution is 2.33. The zero-order valence-corrected chi connectivity index (χ0v) is 15.6. The van der Waals surface area contributed by atoms with E-state index in [1.54, 1.807) is 11.8 Å². The van der Waals surface area contributed by atoms with Crippen LogP contribution in [-0.4, -0.2) is 25.5 Å². The van der Waals surface area contributed by atoms with Crippen LogP contribution < -0.4 is 0 Å². The summed E-state index contributed by atoms with van der Waals surface area (Å²) in [4.78, 5) is 4.94. The number of hydrogen-bond donors (Lipinski definition) is 0. The first-order chi connectivity index (χ1) is 11.9. The van der Waals surface area contributed by atoms with Crippen LogP contribution in [0.1, 0.15) is 69.5 Å². The molecule has 1 fully saturated rings. The van der Waals surface area contributed by atoms with E-state index < -0.39 is 0 Å². The summed E-state index contributed by atoms with van der Waals surface area (Å²) in [5, 5.41) is 9.86. The van der Waals surface area contributed by atoms with Gasteiger partial charge in [0.15, 0.2) is 5.65 Å². The molecule has 0 aromatic carbocycles. The Bertz CT molecular complexity index is 703. The summed E-state index contributed by atoms with van der Waals surface area (Å²) in [7, 11) is 0. The molecule has 0 saturated heterocycles. The lowest BCUT2D eigenvalue weighted by atomic mass is 9.89. The Morgan fingerprint density at radius 3 is 2.71 bits per heavy atom. The molecule has 24 heavy (non-hydrogen) atoms. The Hall–Kier alpha value is -1.10. The monoisotopic (exact) mass is 344 g/mol. The highest BCUT2D eigenvalue weighted by atomic mass is 32.2.